The van der Waals surface area contributed by atoms with E-state index >= 15 is 0 Å². The number of carbonyl (C=O) groups is 2. The minimum Gasteiger partial charge on any atom is -0.462 e. The second-order valence-corrected chi connectivity index (χ2v) is 6.57. The van der Waals surface area contributed by atoms with Crippen molar-refractivity contribution in [2.75, 3.05) is 11.9 Å². The molecule has 7 nitrogen and oxygen atoms in total. The molecule has 0 spiro atoms. The van der Waals surface area contributed by atoms with E-state index in [2.05, 4.69) is 10.3 Å². The van der Waals surface area contributed by atoms with Gasteiger partial charge in [0, 0.05) is 24.0 Å². The van der Waals surface area contributed by atoms with Crippen molar-refractivity contribution in [1.82, 2.24) is 9.55 Å². The Balaban J connectivity index is 1.97. The summed E-state index contributed by atoms with van der Waals surface area (Å²) in [7, 11) is 0. The number of hydrogen-bond acceptors (Lipinski definition) is 7. The fraction of sp³-hybridized carbons (Fsp3) is 0.429. The second kappa shape index (κ2) is 7.51. The van der Waals surface area contributed by atoms with Crippen molar-refractivity contribution < 1.29 is 14.3 Å². The number of rotatable bonds is 6. The molecule has 0 bridgehead atoms. The monoisotopic (exact) mass is 355 g/mol. The lowest BCUT2D eigenvalue weighted by Crippen LogP contribution is -2.20. The number of aryl methyl sites for hydroxylation is 2. The lowest BCUT2D eigenvalue weighted by atomic mass is 10.4. The molecule has 1 amide bonds. The molecule has 2 aromatic heterocycles. The van der Waals surface area contributed by atoms with Crippen LogP contribution < -0.4 is 10.2 Å². The summed E-state index contributed by atoms with van der Waals surface area (Å²) in [6, 6.07) is 0. The fourth-order valence-electron chi connectivity index (χ4n) is 1.91. The zero-order valence-corrected chi connectivity index (χ0v) is 14.7. The molecular weight excluding hydrogens is 338 g/mol. The summed E-state index contributed by atoms with van der Waals surface area (Å²) in [5.74, 6) is -0.699. The van der Waals surface area contributed by atoms with Crippen LogP contribution in [0.1, 0.15) is 34.4 Å². The van der Waals surface area contributed by atoms with Crippen LogP contribution >= 0.6 is 22.7 Å². The number of ether oxygens (including phenoxy) is 1. The van der Waals surface area contributed by atoms with E-state index in [9.17, 15) is 14.4 Å². The average Bonchev–Trinajstić information content (AvgIpc) is 3.00. The molecule has 0 aromatic carbocycles. The van der Waals surface area contributed by atoms with Gasteiger partial charge in [0.05, 0.1) is 12.3 Å². The first-order valence-corrected chi connectivity index (χ1v) is 8.71. The summed E-state index contributed by atoms with van der Waals surface area (Å²) >= 11 is 2.20. The first kappa shape index (κ1) is 17.4. The summed E-state index contributed by atoms with van der Waals surface area (Å²) < 4.78 is 6.49. The van der Waals surface area contributed by atoms with Crippen LogP contribution in [0.5, 0.6) is 0 Å². The van der Waals surface area contributed by atoms with E-state index < -0.39 is 5.97 Å². The van der Waals surface area contributed by atoms with E-state index in [1.54, 1.807) is 23.8 Å². The molecule has 124 valence electrons. The molecule has 2 rings (SSSR count). The van der Waals surface area contributed by atoms with E-state index in [4.69, 9.17) is 4.74 Å². The van der Waals surface area contributed by atoms with Crippen LogP contribution in [-0.4, -0.2) is 28.0 Å². The Hall–Kier alpha value is -2.00. The number of thiazole rings is 2. The van der Waals surface area contributed by atoms with E-state index in [0.717, 1.165) is 28.4 Å². The standard InChI is InChI=1S/C14H17N3O4S2/c1-4-21-12(19)11-9(3)15-13(23-11)16-10(18)5-6-17-8(2)7-22-14(17)20/h7H,4-6H2,1-3H3,(H,15,16,18). The van der Waals surface area contributed by atoms with Gasteiger partial charge in [-0.25, -0.2) is 9.78 Å². The third kappa shape index (κ3) is 4.26. The predicted molar refractivity (Wildman–Crippen MR) is 89.4 cm³/mol. The zero-order valence-electron chi connectivity index (χ0n) is 13.0. The number of anilines is 1. The van der Waals surface area contributed by atoms with E-state index in [1.807, 2.05) is 6.92 Å². The summed E-state index contributed by atoms with van der Waals surface area (Å²) in [6.07, 6.45) is 0.158. The molecule has 0 aliphatic rings. The highest BCUT2D eigenvalue weighted by molar-refractivity contribution is 7.17. The molecule has 2 heterocycles. The molecule has 0 saturated carbocycles. The molecule has 0 saturated heterocycles. The van der Waals surface area contributed by atoms with Crippen LogP contribution in [0.4, 0.5) is 5.13 Å². The predicted octanol–water partition coefficient (Wildman–Crippen LogP) is 2.19. The maximum atomic E-state index is 12.0. The van der Waals surface area contributed by atoms with Gasteiger partial charge in [-0.05, 0) is 20.8 Å². The third-order valence-corrected chi connectivity index (χ3v) is 4.98. The molecule has 9 heteroatoms. The Morgan fingerprint density at radius 1 is 1.39 bits per heavy atom. The van der Waals surface area contributed by atoms with Gasteiger partial charge in [0.2, 0.25) is 5.91 Å². The molecule has 23 heavy (non-hydrogen) atoms. The van der Waals surface area contributed by atoms with E-state index in [1.165, 1.54) is 0 Å². The average molecular weight is 355 g/mol. The van der Waals surface area contributed by atoms with Gasteiger partial charge in [-0.1, -0.05) is 22.7 Å². The smallest absolute Gasteiger partial charge is 0.350 e. The number of hydrogen-bond donors (Lipinski definition) is 1. The topological polar surface area (TPSA) is 90.3 Å². The molecule has 0 unspecified atom stereocenters. The number of aromatic nitrogens is 2. The highest BCUT2D eigenvalue weighted by Gasteiger charge is 2.17. The molecule has 1 N–H and O–H groups in total. The van der Waals surface area contributed by atoms with Gasteiger partial charge in [0.15, 0.2) is 5.13 Å². The molecular formula is C14H17N3O4S2. The lowest BCUT2D eigenvalue weighted by molar-refractivity contribution is -0.116. The molecule has 0 aliphatic carbocycles. The summed E-state index contributed by atoms with van der Waals surface area (Å²) in [5, 5.41) is 4.76. The Labute approximate surface area is 140 Å². The van der Waals surface area contributed by atoms with Gasteiger partial charge in [-0.3, -0.25) is 9.59 Å². The number of nitrogens with one attached hydrogen (secondary N) is 1. The number of esters is 1. The number of carbonyl (C=O) groups excluding carboxylic acids is 2. The van der Waals surface area contributed by atoms with E-state index in [-0.39, 0.29) is 23.8 Å². The van der Waals surface area contributed by atoms with Gasteiger partial charge >= 0.3 is 10.8 Å². The van der Waals surface area contributed by atoms with Crippen LogP contribution in [0.2, 0.25) is 0 Å². The first-order chi connectivity index (χ1) is 10.9. The summed E-state index contributed by atoms with van der Waals surface area (Å²) in [6.45, 7) is 5.84. The lowest BCUT2D eigenvalue weighted by Gasteiger charge is -2.04. The maximum absolute atomic E-state index is 12.0. The highest BCUT2D eigenvalue weighted by atomic mass is 32.1. The molecule has 0 aliphatic heterocycles. The van der Waals surface area contributed by atoms with Gasteiger partial charge in [-0.2, -0.15) is 0 Å². The van der Waals surface area contributed by atoms with Crippen molar-refractivity contribution in [2.45, 2.75) is 33.7 Å². The van der Waals surface area contributed by atoms with Gasteiger partial charge in [0.1, 0.15) is 4.88 Å². The van der Waals surface area contributed by atoms with Crippen LogP contribution in [0, 0.1) is 13.8 Å². The molecule has 0 atom stereocenters. The van der Waals surface area contributed by atoms with Crippen LogP contribution in [0.3, 0.4) is 0 Å². The van der Waals surface area contributed by atoms with Gasteiger partial charge in [0.25, 0.3) is 0 Å². The maximum Gasteiger partial charge on any atom is 0.350 e. The Morgan fingerprint density at radius 2 is 2.13 bits per heavy atom. The summed E-state index contributed by atoms with van der Waals surface area (Å²) in [5.41, 5.74) is 1.36. The van der Waals surface area contributed by atoms with Gasteiger partial charge in [-0.15, -0.1) is 0 Å². The molecule has 0 fully saturated rings. The quantitative estimate of drug-likeness (QED) is 0.802. The minimum absolute atomic E-state index is 0.0787. The normalized spacial score (nSPS) is 10.6. The van der Waals surface area contributed by atoms with Crippen molar-refractivity contribution >= 4 is 39.7 Å². The first-order valence-electron chi connectivity index (χ1n) is 7.01. The summed E-state index contributed by atoms with van der Waals surface area (Å²) in [4.78, 5) is 39.7. The van der Waals surface area contributed by atoms with Crippen molar-refractivity contribution in [3.05, 3.63) is 31.3 Å². The van der Waals surface area contributed by atoms with Gasteiger partial charge < -0.3 is 14.6 Å². The third-order valence-electron chi connectivity index (χ3n) is 3.04. The highest BCUT2D eigenvalue weighted by Crippen LogP contribution is 2.23. The van der Waals surface area contributed by atoms with Crippen molar-refractivity contribution in [3.63, 3.8) is 0 Å². The fourth-order valence-corrected chi connectivity index (χ4v) is 3.54. The Kier molecular flexibility index (Phi) is 5.67. The SMILES string of the molecule is CCOC(=O)c1sc(NC(=O)CCn2c(C)csc2=O)nc1C. The van der Waals surface area contributed by atoms with Crippen molar-refractivity contribution in [3.8, 4) is 0 Å². The van der Waals surface area contributed by atoms with Crippen molar-refractivity contribution in [2.24, 2.45) is 0 Å². The zero-order chi connectivity index (χ0) is 17.0. The van der Waals surface area contributed by atoms with Crippen LogP contribution in [0.25, 0.3) is 0 Å². The Morgan fingerprint density at radius 3 is 2.74 bits per heavy atom. The van der Waals surface area contributed by atoms with Crippen molar-refractivity contribution in [1.29, 1.82) is 0 Å². The van der Waals surface area contributed by atoms with Crippen LogP contribution in [-0.2, 0) is 16.1 Å². The molecule has 0 radical (unpaired) electrons. The minimum atomic E-state index is -0.441. The second-order valence-electron chi connectivity index (χ2n) is 4.75. The van der Waals surface area contributed by atoms with Crippen LogP contribution in [0.15, 0.2) is 10.2 Å². The van der Waals surface area contributed by atoms with E-state index in [0.29, 0.717) is 22.2 Å². The largest absolute Gasteiger partial charge is 0.462 e. The molecule has 2 aromatic rings. The number of amides is 1. The Bertz CT molecular complexity index is 775. The number of nitrogens with zero attached hydrogens (tertiary/aromatic N) is 2.